The number of carbonyl (C=O) groups excluding carboxylic acids is 1. The monoisotopic (exact) mass is 527 g/mol. The van der Waals surface area contributed by atoms with Crippen LogP contribution in [0.25, 0.3) is 11.3 Å². The van der Waals surface area contributed by atoms with Crippen molar-refractivity contribution >= 4 is 11.9 Å². The number of halogens is 8. The van der Waals surface area contributed by atoms with Crippen molar-refractivity contribution < 1.29 is 44.7 Å². The van der Waals surface area contributed by atoms with Crippen LogP contribution in [0.1, 0.15) is 63.2 Å². The molecular formula is C23H25F8N3O2. The molecule has 0 bridgehead atoms. The molecule has 0 radical (unpaired) electrons. The fourth-order valence-corrected chi connectivity index (χ4v) is 3.50. The molecule has 5 nitrogen and oxygen atoms in total. The zero-order chi connectivity index (χ0) is 27.1. The Morgan fingerprint density at radius 2 is 1.69 bits per heavy atom. The van der Waals surface area contributed by atoms with Gasteiger partial charge >= 0.3 is 18.4 Å². The van der Waals surface area contributed by atoms with Gasteiger partial charge in [0.05, 0.1) is 16.8 Å². The molecule has 1 aliphatic heterocycles. The van der Waals surface area contributed by atoms with Crippen LogP contribution >= 0.6 is 0 Å². The predicted octanol–water partition coefficient (Wildman–Crippen LogP) is 8.19. The highest BCUT2D eigenvalue weighted by molar-refractivity contribution is 5.89. The molecule has 0 aromatic carbocycles. The molecule has 3 rings (SSSR count). The number of alkyl halides is 8. The van der Waals surface area contributed by atoms with Gasteiger partial charge in [-0.25, -0.2) is 18.6 Å². The van der Waals surface area contributed by atoms with Gasteiger partial charge in [-0.3, -0.25) is 10.3 Å². The van der Waals surface area contributed by atoms with Gasteiger partial charge in [-0.2, -0.15) is 26.3 Å². The average molecular weight is 527 g/mol. The van der Waals surface area contributed by atoms with E-state index < -0.39 is 47.9 Å². The summed E-state index contributed by atoms with van der Waals surface area (Å²) in [4.78, 5) is 18.6. The molecule has 0 fully saturated rings. The van der Waals surface area contributed by atoms with E-state index in [4.69, 9.17) is 0 Å². The molecule has 1 amide bonds. The number of hydrogen-bond donors (Lipinski definition) is 1. The summed E-state index contributed by atoms with van der Waals surface area (Å²) in [5, 5.41) is 1.99. The van der Waals surface area contributed by atoms with E-state index in [1.807, 2.05) is 12.2 Å². The summed E-state index contributed by atoms with van der Waals surface area (Å²) >= 11 is 0. The second-order valence-corrected chi connectivity index (χ2v) is 8.00. The minimum atomic E-state index is -4.98. The number of cyclic esters (lactones) is 1. The number of unbranched alkanes of at least 4 members (excludes halogenated alkanes) is 2. The highest BCUT2D eigenvalue weighted by Crippen LogP contribution is 2.45. The lowest BCUT2D eigenvalue weighted by molar-refractivity contribution is -0.206. The topological polar surface area (TPSA) is 64.1 Å². The number of anilines is 1. The van der Waals surface area contributed by atoms with E-state index in [-0.39, 0.29) is 17.2 Å². The largest absolute Gasteiger partial charge is 0.431 e. The Kier molecular flexibility index (Phi) is 10.00. The lowest BCUT2D eigenvalue weighted by Gasteiger charge is -2.28. The molecule has 0 spiro atoms. The van der Waals surface area contributed by atoms with E-state index in [9.17, 15) is 39.9 Å². The fourth-order valence-electron chi connectivity index (χ4n) is 3.50. The van der Waals surface area contributed by atoms with Crippen LogP contribution in [0.4, 0.5) is 45.7 Å². The summed E-state index contributed by atoms with van der Waals surface area (Å²) in [5.74, 6) is -0.808. The van der Waals surface area contributed by atoms with E-state index in [2.05, 4.69) is 21.6 Å². The lowest BCUT2D eigenvalue weighted by atomic mass is 9.98. The van der Waals surface area contributed by atoms with Gasteiger partial charge in [-0.1, -0.05) is 33.1 Å². The summed E-state index contributed by atoms with van der Waals surface area (Å²) in [5.41, 5.74) is -2.32. The average Bonchev–Trinajstić information content (AvgIpc) is 2.80. The SMILES string of the molecule is CCCCCC(CC)C(F)F.O=C1Nc2nccc(-c3cc(C(F)(F)F)ccn3)c2C(C(F)(F)F)O1. The molecule has 2 aromatic rings. The molecular weight excluding hydrogens is 502 g/mol. The molecule has 3 heterocycles. The van der Waals surface area contributed by atoms with Gasteiger partial charge < -0.3 is 4.74 Å². The van der Waals surface area contributed by atoms with Crippen LogP contribution < -0.4 is 5.32 Å². The maximum Gasteiger partial charge on any atom is 0.430 e. The second kappa shape index (κ2) is 12.3. The number of pyridine rings is 2. The molecule has 0 aliphatic carbocycles. The van der Waals surface area contributed by atoms with Crippen LogP contribution in [0.5, 0.6) is 0 Å². The van der Waals surface area contributed by atoms with Gasteiger partial charge in [0.25, 0.3) is 0 Å². The van der Waals surface area contributed by atoms with Crippen LogP contribution in [0.3, 0.4) is 0 Å². The van der Waals surface area contributed by atoms with Crippen LogP contribution in [0.15, 0.2) is 30.6 Å². The number of nitrogens with zero attached hydrogens (tertiary/aromatic N) is 2. The summed E-state index contributed by atoms with van der Waals surface area (Å²) in [7, 11) is 0. The summed E-state index contributed by atoms with van der Waals surface area (Å²) in [6, 6.07) is 2.37. The molecule has 2 aromatic heterocycles. The van der Waals surface area contributed by atoms with Gasteiger partial charge in [0.15, 0.2) is 0 Å². The van der Waals surface area contributed by atoms with E-state index in [1.165, 1.54) is 0 Å². The number of ether oxygens (including phenoxy) is 1. The number of rotatable bonds is 7. The zero-order valence-electron chi connectivity index (χ0n) is 19.4. The molecule has 200 valence electrons. The van der Waals surface area contributed by atoms with Crippen LogP contribution in [0.2, 0.25) is 0 Å². The first kappa shape index (κ1) is 29.2. The van der Waals surface area contributed by atoms with Crippen LogP contribution in [0, 0.1) is 5.92 Å². The Morgan fingerprint density at radius 3 is 2.25 bits per heavy atom. The molecule has 36 heavy (non-hydrogen) atoms. The van der Waals surface area contributed by atoms with Gasteiger partial charge in [0.1, 0.15) is 5.82 Å². The van der Waals surface area contributed by atoms with Crippen LogP contribution in [-0.4, -0.2) is 28.7 Å². The van der Waals surface area contributed by atoms with Gasteiger partial charge in [0, 0.05) is 23.9 Å². The number of nitrogens with one attached hydrogen (secondary N) is 1. The molecule has 13 heteroatoms. The number of fused-ring (bicyclic) bond motifs is 1. The van der Waals surface area contributed by atoms with E-state index in [0.717, 1.165) is 37.7 Å². The standard InChI is InChI=1S/C14H7F6N3O2.C9H18F2/c15-13(16,17)6-1-3-21-8(5-6)7-2-4-22-11-9(7)10(14(18,19)20)25-12(24)23-11;1-3-5-6-7-8(4-2)9(10)11/h1-5,10H,(H,22,23,24);8-9H,3-7H2,1-2H3. The van der Waals surface area contributed by atoms with Crippen molar-refractivity contribution in [2.45, 2.75) is 70.8 Å². The normalized spacial score (nSPS) is 16.4. The molecule has 0 saturated heterocycles. The number of hydrogen-bond acceptors (Lipinski definition) is 4. The van der Waals surface area contributed by atoms with Gasteiger partial charge in [0.2, 0.25) is 12.5 Å². The smallest absolute Gasteiger partial charge is 0.430 e. The highest BCUT2D eigenvalue weighted by Gasteiger charge is 2.49. The molecule has 2 atom stereocenters. The fraction of sp³-hybridized carbons (Fsp3) is 0.522. The highest BCUT2D eigenvalue weighted by atomic mass is 19.4. The number of carbonyl (C=O) groups is 1. The van der Waals surface area contributed by atoms with Crippen molar-refractivity contribution in [3.05, 3.63) is 41.7 Å². The lowest BCUT2D eigenvalue weighted by Crippen LogP contribution is -2.34. The molecule has 1 aliphatic rings. The van der Waals surface area contributed by atoms with Crippen molar-refractivity contribution in [1.82, 2.24) is 9.97 Å². The Bertz CT molecular complexity index is 1010. The second-order valence-electron chi connectivity index (χ2n) is 8.00. The van der Waals surface area contributed by atoms with Gasteiger partial charge in [-0.15, -0.1) is 0 Å². The Morgan fingerprint density at radius 1 is 1.03 bits per heavy atom. The molecule has 2 unspecified atom stereocenters. The summed E-state index contributed by atoms with van der Waals surface area (Å²) in [6.07, 6.45) is -9.48. The molecule has 0 saturated carbocycles. The maximum absolute atomic E-state index is 13.2. The third-order valence-electron chi connectivity index (χ3n) is 5.42. The maximum atomic E-state index is 13.2. The first-order chi connectivity index (χ1) is 16.8. The van der Waals surface area contributed by atoms with E-state index in [1.54, 1.807) is 0 Å². The minimum absolute atomic E-state index is 0.279. The third-order valence-corrected chi connectivity index (χ3v) is 5.42. The van der Waals surface area contributed by atoms with E-state index in [0.29, 0.717) is 25.0 Å². The summed E-state index contributed by atoms with van der Waals surface area (Å²) < 4.78 is 107. The van der Waals surface area contributed by atoms with Crippen molar-refractivity contribution in [3.63, 3.8) is 0 Å². The van der Waals surface area contributed by atoms with Crippen molar-refractivity contribution in [2.75, 3.05) is 5.32 Å². The number of aromatic nitrogens is 2. The molecule has 1 N–H and O–H groups in total. The van der Waals surface area contributed by atoms with Crippen LogP contribution in [-0.2, 0) is 10.9 Å². The van der Waals surface area contributed by atoms with Crippen molar-refractivity contribution in [1.29, 1.82) is 0 Å². The minimum Gasteiger partial charge on any atom is -0.431 e. The Balaban J connectivity index is 0.000000352. The van der Waals surface area contributed by atoms with Crippen molar-refractivity contribution in [2.24, 2.45) is 5.92 Å². The Labute approximate surface area is 202 Å². The number of amides is 1. The summed E-state index contributed by atoms with van der Waals surface area (Å²) in [6.45, 7) is 3.92. The van der Waals surface area contributed by atoms with E-state index >= 15 is 0 Å². The first-order valence-corrected chi connectivity index (χ1v) is 11.1. The third kappa shape index (κ3) is 7.76. The predicted molar refractivity (Wildman–Crippen MR) is 115 cm³/mol. The van der Waals surface area contributed by atoms with Gasteiger partial charge in [-0.05, 0) is 31.0 Å². The quantitative estimate of drug-likeness (QED) is 0.291. The Hall–Kier alpha value is -2.99. The van der Waals surface area contributed by atoms with Crippen molar-refractivity contribution in [3.8, 4) is 11.3 Å². The first-order valence-electron chi connectivity index (χ1n) is 11.1. The zero-order valence-corrected chi connectivity index (χ0v) is 19.4.